The first-order valence-corrected chi connectivity index (χ1v) is 6.74. The number of nitrogens with zero attached hydrogens (tertiary/aromatic N) is 1. The van der Waals surface area contributed by atoms with Crippen LogP contribution in [0.4, 0.5) is 0 Å². The lowest BCUT2D eigenvalue weighted by Crippen LogP contribution is -2.18. The molecular formula is C15H17ClN2O2. The molecular weight excluding hydrogens is 276 g/mol. The van der Waals surface area contributed by atoms with Gasteiger partial charge in [0.05, 0.1) is 6.61 Å². The van der Waals surface area contributed by atoms with E-state index in [1.54, 1.807) is 25.4 Å². The fourth-order valence-electron chi connectivity index (χ4n) is 1.63. The predicted octanol–water partition coefficient (Wildman–Crippen LogP) is 3.26. The maximum atomic E-state index is 5.90. The largest absolute Gasteiger partial charge is 0.439 e. The second-order valence-electron chi connectivity index (χ2n) is 4.23. The Morgan fingerprint density at radius 1 is 1.25 bits per heavy atom. The van der Waals surface area contributed by atoms with E-state index >= 15 is 0 Å². The summed E-state index contributed by atoms with van der Waals surface area (Å²) in [5.41, 5.74) is 1.10. The number of nitrogens with one attached hydrogen (secondary N) is 1. The highest BCUT2D eigenvalue weighted by Crippen LogP contribution is 2.22. The summed E-state index contributed by atoms with van der Waals surface area (Å²) in [6, 6.07) is 11.1. The molecule has 0 radical (unpaired) electrons. The van der Waals surface area contributed by atoms with Crippen molar-refractivity contribution >= 4 is 11.6 Å². The Morgan fingerprint density at radius 3 is 2.85 bits per heavy atom. The van der Waals surface area contributed by atoms with Crippen LogP contribution < -0.4 is 10.1 Å². The molecule has 106 valence electrons. The zero-order chi connectivity index (χ0) is 14.2. The molecule has 0 aliphatic rings. The number of methoxy groups -OCH3 is 1. The molecule has 0 atom stereocenters. The van der Waals surface area contributed by atoms with E-state index < -0.39 is 0 Å². The molecule has 0 bridgehead atoms. The molecule has 5 heteroatoms. The number of pyridine rings is 1. The Bertz CT molecular complexity index is 532. The third kappa shape index (κ3) is 4.81. The molecule has 1 aromatic heterocycles. The fraction of sp³-hybridized carbons (Fsp3) is 0.267. The van der Waals surface area contributed by atoms with Gasteiger partial charge in [-0.05, 0) is 23.8 Å². The van der Waals surface area contributed by atoms with Crippen LogP contribution in [-0.2, 0) is 11.3 Å². The predicted molar refractivity (Wildman–Crippen MR) is 79.3 cm³/mol. The summed E-state index contributed by atoms with van der Waals surface area (Å²) in [5.74, 6) is 1.23. The molecule has 20 heavy (non-hydrogen) atoms. The van der Waals surface area contributed by atoms with Crippen LogP contribution in [0.15, 0.2) is 42.6 Å². The third-order valence-corrected chi connectivity index (χ3v) is 2.86. The van der Waals surface area contributed by atoms with Crippen LogP contribution >= 0.6 is 11.6 Å². The summed E-state index contributed by atoms with van der Waals surface area (Å²) in [6.07, 6.45) is 1.79. The maximum Gasteiger partial charge on any atom is 0.219 e. The summed E-state index contributed by atoms with van der Waals surface area (Å²) < 4.78 is 10.6. The zero-order valence-corrected chi connectivity index (χ0v) is 12.1. The van der Waals surface area contributed by atoms with E-state index in [4.69, 9.17) is 21.1 Å². The van der Waals surface area contributed by atoms with Crippen molar-refractivity contribution in [1.82, 2.24) is 10.3 Å². The average molecular weight is 293 g/mol. The molecule has 0 aliphatic carbocycles. The van der Waals surface area contributed by atoms with Crippen LogP contribution in [0.25, 0.3) is 0 Å². The first-order valence-electron chi connectivity index (χ1n) is 6.36. The van der Waals surface area contributed by atoms with Gasteiger partial charge in [-0.2, -0.15) is 0 Å². The Kier molecular flexibility index (Phi) is 5.80. The number of halogens is 1. The van der Waals surface area contributed by atoms with Crippen LogP contribution in [0.1, 0.15) is 5.56 Å². The Labute approximate surface area is 123 Å². The van der Waals surface area contributed by atoms with Crippen molar-refractivity contribution in [1.29, 1.82) is 0 Å². The quantitative estimate of drug-likeness (QED) is 0.796. The zero-order valence-electron chi connectivity index (χ0n) is 11.3. The normalized spacial score (nSPS) is 10.5. The molecule has 0 spiro atoms. The van der Waals surface area contributed by atoms with E-state index in [1.807, 2.05) is 24.3 Å². The molecule has 0 amide bonds. The van der Waals surface area contributed by atoms with E-state index in [9.17, 15) is 0 Å². The standard InChI is InChI=1S/C15H17ClN2O2/c1-19-8-7-17-10-12-5-6-15(18-11-12)20-14-4-2-3-13(16)9-14/h2-6,9,11,17H,7-8,10H2,1H3. The van der Waals surface area contributed by atoms with E-state index in [0.29, 0.717) is 23.3 Å². The summed E-state index contributed by atoms with van der Waals surface area (Å²) in [5, 5.41) is 3.90. The van der Waals surface area contributed by atoms with Crippen molar-refractivity contribution in [2.24, 2.45) is 0 Å². The van der Waals surface area contributed by atoms with Gasteiger partial charge < -0.3 is 14.8 Å². The summed E-state index contributed by atoms with van der Waals surface area (Å²) in [6.45, 7) is 2.27. The van der Waals surface area contributed by atoms with E-state index in [1.165, 1.54) is 0 Å². The minimum atomic E-state index is 0.549. The molecule has 0 fully saturated rings. The Balaban J connectivity index is 1.88. The molecule has 2 aromatic rings. The molecule has 1 aromatic carbocycles. The third-order valence-electron chi connectivity index (χ3n) is 2.63. The van der Waals surface area contributed by atoms with Crippen molar-refractivity contribution in [2.45, 2.75) is 6.54 Å². The SMILES string of the molecule is COCCNCc1ccc(Oc2cccc(Cl)c2)nc1. The van der Waals surface area contributed by atoms with Crippen LogP contribution in [0.3, 0.4) is 0 Å². The number of rotatable bonds is 7. The van der Waals surface area contributed by atoms with Crippen molar-refractivity contribution in [3.8, 4) is 11.6 Å². The van der Waals surface area contributed by atoms with Crippen LogP contribution in [0.2, 0.25) is 5.02 Å². The second kappa shape index (κ2) is 7.85. The van der Waals surface area contributed by atoms with Crippen LogP contribution in [0.5, 0.6) is 11.6 Å². The van der Waals surface area contributed by atoms with Crippen LogP contribution in [0, 0.1) is 0 Å². The molecule has 1 heterocycles. The lowest BCUT2D eigenvalue weighted by Gasteiger charge is -2.07. The fourth-order valence-corrected chi connectivity index (χ4v) is 1.81. The monoisotopic (exact) mass is 292 g/mol. The van der Waals surface area contributed by atoms with Crippen LogP contribution in [-0.4, -0.2) is 25.2 Å². The van der Waals surface area contributed by atoms with Gasteiger partial charge in [-0.1, -0.05) is 23.7 Å². The molecule has 2 rings (SSSR count). The van der Waals surface area contributed by atoms with Crippen molar-refractivity contribution in [3.05, 3.63) is 53.2 Å². The molecule has 0 unspecified atom stereocenters. The molecule has 0 saturated carbocycles. The first-order chi connectivity index (χ1) is 9.78. The molecule has 1 N–H and O–H groups in total. The van der Waals surface area contributed by atoms with Gasteiger partial charge in [-0.3, -0.25) is 0 Å². The second-order valence-corrected chi connectivity index (χ2v) is 4.67. The smallest absolute Gasteiger partial charge is 0.219 e. The highest BCUT2D eigenvalue weighted by molar-refractivity contribution is 6.30. The number of hydrogen-bond donors (Lipinski definition) is 1. The van der Waals surface area contributed by atoms with Crippen molar-refractivity contribution in [2.75, 3.05) is 20.3 Å². The van der Waals surface area contributed by atoms with Crippen molar-refractivity contribution < 1.29 is 9.47 Å². The number of benzene rings is 1. The van der Waals surface area contributed by atoms with E-state index in [-0.39, 0.29) is 0 Å². The Morgan fingerprint density at radius 2 is 2.15 bits per heavy atom. The molecule has 0 saturated heterocycles. The van der Waals surface area contributed by atoms with Gasteiger partial charge in [0.2, 0.25) is 5.88 Å². The summed E-state index contributed by atoms with van der Waals surface area (Å²) in [4.78, 5) is 4.27. The van der Waals surface area contributed by atoms with Gasteiger partial charge in [-0.25, -0.2) is 4.98 Å². The summed E-state index contributed by atoms with van der Waals surface area (Å²) in [7, 11) is 1.69. The van der Waals surface area contributed by atoms with Gasteiger partial charge in [0.15, 0.2) is 0 Å². The molecule has 0 aliphatic heterocycles. The number of aromatic nitrogens is 1. The van der Waals surface area contributed by atoms with Gasteiger partial charge >= 0.3 is 0 Å². The molecule has 4 nitrogen and oxygen atoms in total. The Hall–Kier alpha value is -1.62. The van der Waals surface area contributed by atoms with Gasteiger partial charge in [0, 0.05) is 37.5 Å². The summed E-state index contributed by atoms with van der Waals surface area (Å²) >= 11 is 5.90. The number of hydrogen-bond acceptors (Lipinski definition) is 4. The highest BCUT2D eigenvalue weighted by Gasteiger charge is 2.00. The van der Waals surface area contributed by atoms with E-state index in [0.717, 1.165) is 18.7 Å². The van der Waals surface area contributed by atoms with Gasteiger partial charge in [-0.15, -0.1) is 0 Å². The van der Waals surface area contributed by atoms with Gasteiger partial charge in [0.25, 0.3) is 0 Å². The lowest BCUT2D eigenvalue weighted by atomic mass is 10.3. The van der Waals surface area contributed by atoms with Gasteiger partial charge in [0.1, 0.15) is 5.75 Å². The highest BCUT2D eigenvalue weighted by atomic mass is 35.5. The first kappa shape index (κ1) is 14.8. The average Bonchev–Trinajstić information content (AvgIpc) is 2.45. The topological polar surface area (TPSA) is 43.4 Å². The minimum Gasteiger partial charge on any atom is -0.439 e. The lowest BCUT2D eigenvalue weighted by molar-refractivity contribution is 0.199. The van der Waals surface area contributed by atoms with Crippen molar-refractivity contribution in [3.63, 3.8) is 0 Å². The maximum absolute atomic E-state index is 5.90. The number of ether oxygens (including phenoxy) is 2. The minimum absolute atomic E-state index is 0.549. The van der Waals surface area contributed by atoms with E-state index in [2.05, 4.69) is 10.3 Å².